The van der Waals surface area contributed by atoms with Crippen LogP contribution in [0.4, 0.5) is 0 Å². The van der Waals surface area contributed by atoms with Gasteiger partial charge in [-0.15, -0.1) is 0 Å². The molecule has 0 unspecified atom stereocenters. The monoisotopic (exact) mass is 357 g/mol. The highest BCUT2D eigenvalue weighted by molar-refractivity contribution is 9.13. The van der Waals surface area contributed by atoms with Crippen LogP contribution >= 0.6 is 31.9 Å². The van der Waals surface area contributed by atoms with Crippen molar-refractivity contribution < 1.29 is 0 Å². The van der Waals surface area contributed by atoms with Gasteiger partial charge in [0, 0.05) is 35.3 Å². The summed E-state index contributed by atoms with van der Waals surface area (Å²) in [6, 6.07) is 8.27. The Balaban J connectivity index is 1.87. The van der Waals surface area contributed by atoms with E-state index in [9.17, 15) is 0 Å². The first kappa shape index (κ1) is 12.8. The lowest BCUT2D eigenvalue weighted by atomic mass is 10.2. The average molecular weight is 359 g/mol. The maximum absolute atomic E-state index is 4.31. The Labute approximate surface area is 117 Å². The smallest absolute Gasteiger partial charge is 0.0762 e. The van der Waals surface area contributed by atoms with E-state index in [1.165, 1.54) is 5.56 Å². The van der Waals surface area contributed by atoms with E-state index in [-0.39, 0.29) is 0 Å². The Kier molecular flexibility index (Phi) is 4.36. The third-order valence-corrected chi connectivity index (χ3v) is 4.27. The number of nitrogens with one attached hydrogen (secondary N) is 1. The Morgan fingerprint density at radius 2 is 2.00 bits per heavy atom. The summed E-state index contributed by atoms with van der Waals surface area (Å²) in [5.74, 6) is 0. The van der Waals surface area contributed by atoms with Crippen LogP contribution in [0.5, 0.6) is 0 Å². The minimum absolute atomic E-state index is 0.786. The maximum atomic E-state index is 4.31. The Hall–Kier alpha value is -0.650. The molecule has 0 radical (unpaired) electrons. The van der Waals surface area contributed by atoms with Crippen LogP contribution in [0.3, 0.4) is 0 Å². The Morgan fingerprint density at radius 3 is 2.65 bits per heavy atom. The van der Waals surface area contributed by atoms with Crippen LogP contribution in [-0.4, -0.2) is 9.78 Å². The summed E-state index contributed by atoms with van der Waals surface area (Å²) < 4.78 is 3.97. The second-order valence-electron chi connectivity index (χ2n) is 3.83. The second kappa shape index (κ2) is 5.80. The summed E-state index contributed by atoms with van der Waals surface area (Å²) in [6.07, 6.45) is 1.95. The lowest BCUT2D eigenvalue weighted by molar-refractivity contribution is 0.656. The topological polar surface area (TPSA) is 29.9 Å². The van der Waals surface area contributed by atoms with Crippen LogP contribution in [0.15, 0.2) is 39.4 Å². The lowest BCUT2D eigenvalue weighted by Gasteiger charge is -2.04. The van der Waals surface area contributed by atoms with Crippen LogP contribution in [-0.2, 0) is 20.1 Å². The molecule has 0 aliphatic carbocycles. The van der Waals surface area contributed by atoms with Gasteiger partial charge >= 0.3 is 0 Å². The molecule has 90 valence electrons. The molecule has 0 fully saturated rings. The van der Waals surface area contributed by atoms with Gasteiger partial charge in [0.05, 0.1) is 5.69 Å². The fourth-order valence-electron chi connectivity index (χ4n) is 1.54. The quantitative estimate of drug-likeness (QED) is 0.909. The number of hydrogen-bond donors (Lipinski definition) is 1. The highest BCUT2D eigenvalue weighted by atomic mass is 79.9. The molecule has 5 heteroatoms. The number of aromatic nitrogens is 2. The first-order valence-corrected chi connectivity index (χ1v) is 6.87. The van der Waals surface area contributed by atoms with Gasteiger partial charge in [-0.1, -0.05) is 6.07 Å². The highest BCUT2D eigenvalue weighted by Crippen LogP contribution is 2.23. The number of halogens is 2. The SMILES string of the molecule is Cn1ccc(CNCc2ccc(Br)c(Br)c2)n1. The van der Waals surface area contributed by atoms with Gasteiger partial charge in [0.2, 0.25) is 0 Å². The summed E-state index contributed by atoms with van der Waals surface area (Å²) in [4.78, 5) is 0. The van der Waals surface area contributed by atoms with Gasteiger partial charge in [0.25, 0.3) is 0 Å². The maximum Gasteiger partial charge on any atom is 0.0762 e. The molecule has 0 atom stereocenters. The van der Waals surface area contributed by atoms with Crippen LogP contribution < -0.4 is 5.32 Å². The van der Waals surface area contributed by atoms with Crippen molar-refractivity contribution >= 4 is 31.9 Å². The fraction of sp³-hybridized carbons (Fsp3) is 0.250. The molecule has 2 rings (SSSR count). The summed E-state index contributed by atoms with van der Waals surface area (Å²) >= 11 is 6.95. The van der Waals surface area contributed by atoms with Crippen LogP contribution in [0, 0.1) is 0 Å². The van der Waals surface area contributed by atoms with E-state index in [2.05, 4.69) is 54.4 Å². The third-order valence-electron chi connectivity index (χ3n) is 2.39. The van der Waals surface area contributed by atoms with Gasteiger partial charge in [0.15, 0.2) is 0 Å². The van der Waals surface area contributed by atoms with Crippen LogP contribution in [0.2, 0.25) is 0 Å². The summed E-state index contributed by atoms with van der Waals surface area (Å²) in [5, 5.41) is 7.68. The molecule has 17 heavy (non-hydrogen) atoms. The molecule has 1 N–H and O–H groups in total. The summed E-state index contributed by atoms with van der Waals surface area (Å²) in [7, 11) is 1.93. The summed E-state index contributed by atoms with van der Waals surface area (Å²) in [5.41, 5.74) is 2.31. The first-order chi connectivity index (χ1) is 8.15. The van der Waals surface area contributed by atoms with Crippen molar-refractivity contribution in [3.63, 3.8) is 0 Å². The molecule has 0 spiro atoms. The molecule has 0 bridgehead atoms. The molecule has 0 amide bonds. The molecule has 0 saturated heterocycles. The van der Waals surface area contributed by atoms with E-state index in [1.54, 1.807) is 0 Å². The number of rotatable bonds is 4. The Bertz CT molecular complexity index is 508. The predicted octanol–water partition coefficient (Wildman–Crippen LogP) is 3.23. The molecule has 1 heterocycles. The van der Waals surface area contributed by atoms with Gasteiger partial charge < -0.3 is 5.32 Å². The van der Waals surface area contributed by atoms with Gasteiger partial charge in [-0.2, -0.15) is 5.10 Å². The number of nitrogens with zero attached hydrogens (tertiary/aromatic N) is 2. The highest BCUT2D eigenvalue weighted by Gasteiger charge is 2.00. The zero-order valence-corrected chi connectivity index (χ0v) is 12.6. The van der Waals surface area contributed by atoms with E-state index < -0.39 is 0 Å². The fourth-order valence-corrected chi connectivity index (χ4v) is 2.21. The standard InChI is InChI=1S/C12H13Br2N3/c1-17-5-4-10(16-17)8-15-7-9-2-3-11(13)12(14)6-9/h2-6,15H,7-8H2,1H3. The van der Waals surface area contributed by atoms with Gasteiger partial charge in [-0.3, -0.25) is 4.68 Å². The molecular weight excluding hydrogens is 346 g/mol. The predicted molar refractivity (Wildman–Crippen MR) is 75.6 cm³/mol. The van der Waals surface area contributed by atoms with Crippen LogP contribution in [0.1, 0.15) is 11.3 Å². The van der Waals surface area contributed by atoms with E-state index in [4.69, 9.17) is 0 Å². The largest absolute Gasteiger partial charge is 0.307 e. The van der Waals surface area contributed by atoms with Crippen molar-refractivity contribution in [1.29, 1.82) is 0 Å². The summed E-state index contributed by atoms with van der Waals surface area (Å²) in [6.45, 7) is 1.62. The molecule has 1 aromatic carbocycles. The third kappa shape index (κ3) is 3.66. The van der Waals surface area contributed by atoms with Crippen molar-refractivity contribution in [3.05, 3.63) is 50.7 Å². The minimum atomic E-state index is 0.786. The van der Waals surface area contributed by atoms with E-state index >= 15 is 0 Å². The zero-order chi connectivity index (χ0) is 12.3. The zero-order valence-electron chi connectivity index (χ0n) is 9.45. The van der Waals surface area contributed by atoms with Crippen molar-refractivity contribution in [2.75, 3.05) is 0 Å². The van der Waals surface area contributed by atoms with Crippen molar-refractivity contribution in [3.8, 4) is 0 Å². The van der Waals surface area contributed by atoms with Crippen LogP contribution in [0.25, 0.3) is 0 Å². The minimum Gasteiger partial charge on any atom is -0.307 e. The van der Waals surface area contributed by atoms with Gasteiger partial charge in [-0.25, -0.2) is 0 Å². The number of hydrogen-bond acceptors (Lipinski definition) is 2. The molecule has 0 aliphatic heterocycles. The molecule has 0 saturated carbocycles. The van der Waals surface area contributed by atoms with Gasteiger partial charge in [-0.05, 0) is 55.6 Å². The second-order valence-corrected chi connectivity index (χ2v) is 5.54. The molecule has 2 aromatic rings. The average Bonchev–Trinajstić information content (AvgIpc) is 2.70. The molecule has 1 aromatic heterocycles. The van der Waals surface area contributed by atoms with E-state index in [0.717, 1.165) is 27.7 Å². The van der Waals surface area contributed by atoms with E-state index in [1.807, 2.05) is 30.1 Å². The van der Waals surface area contributed by atoms with Crippen molar-refractivity contribution in [1.82, 2.24) is 15.1 Å². The number of aryl methyl sites for hydroxylation is 1. The molecular formula is C12H13Br2N3. The van der Waals surface area contributed by atoms with E-state index in [0.29, 0.717) is 0 Å². The van der Waals surface area contributed by atoms with Gasteiger partial charge in [0.1, 0.15) is 0 Å². The number of benzene rings is 1. The molecule has 0 aliphatic rings. The van der Waals surface area contributed by atoms with Crippen molar-refractivity contribution in [2.24, 2.45) is 7.05 Å². The Morgan fingerprint density at radius 1 is 1.18 bits per heavy atom. The van der Waals surface area contributed by atoms with Crippen molar-refractivity contribution in [2.45, 2.75) is 13.1 Å². The molecule has 3 nitrogen and oxygen atoms in total. The lowest BCUT2D eigenvalue weighted by Crippen LogP contribution is -2.13. The first-order valence-electron chi connectivity index (χ1n) is 5.28. The normalized spacial score (nSPS) is 10.8.